The number of anilines is 2. The summed E-state index contributed by atoms with van der Waals surface area (Å²) in [7, 11) is 0. The van der Waals surface area contributed by atoms with Crippen LogP contribution in [0.1, 0.15) is 11.9 Å². The first kappa shape index (κ1) is 21.8. The number of nitrogens with one attached hydrogen (secondary N) is 2. The van der Waals surface area contributed by atoms with Crippen molar-refractivity contribution in [2.24, 2.45) is 0 Å². The molecule has 4 aromatic rings. The molecule has 3 amide bonds. The van der Waals surface area contributed by atoms with E-state index in [1.54, 1.807) is 30.6 Å². The summed E-state index contributed by atoms with van der Waals surface area (Å²) in [6, 6.07) is 14.5. The van der Waals surface area contributed by atoms with E-state index in [2.05, 4.69) is 26.6 Å². The Morgan fingerprint density at radius 1 is 1.18 bits per heavy atom. The van der Waals surface area contributed by atoms with Crippen molar-refractivity contribution >= 4 is 45.7 Å². The maximum atomic E-state index is 12.5. The van der Waals surface area contributed by atoms with E-state index in [0.717, 1.165) is 26.9 Å². The number of terminal acetylenes is 1. The highest BCUT2D eigenvalue weighted by molar-refractivity contribution is 7.10. The van der Waals surface area contributed by atoms with Gasteiger partial charge in [-0.2, -0.15) is 5.01 Å². The van der Waals surface area contributed by atoms with E-state index in [1.807, 2.05) is 42.6 Å². The number of nitrogens with zero attached hydrogens (tertiary/aromatic N) is 3. The number of hydrogen-bond acceptors (Lipinski definition) is 6. The maximum Gasteiger partial charge on any atom is 0.433 e. The highest BCUT2D eigenvalue weighted by Crippen LogP contribution is 2.29. The van der Waals surface area contributed by atoms with Gasteiger partial charge in [-0.15, -0.1) is 17.8 Å². The lowest BCUT2D eigenvalue weighted by molar-refractivity contribution is 0.156. The van der Waals surface area contributed by atoms with Gasteiger partial charge in [0.1, 0.15) is 5.82 Å². The lowest BCUT2D eigenvalue weighted by Gasteiger charge is -2.22. The molecule has 0 fully saturated rings. The number of benzene rings is 2. The topological polar surface area (TPSA) is 96.5 Å². The second-order valence-electron chi connectivity index (χ2n) is 6.73. The van der Waals surface area contributed by atoms with Crippen molar-refractivity contribution in [1.29, 1.82) is 0 Å². The third-order valence-electron chi connectivity index (χ3n) is 4.65. The van der Waals surface area contributed by atoms with Crippen LogP contribution in [0.4, 0.5) is 21.1 Å². The number of amides is 3. The summed E-state index contributed by atoms with van der Waals surface area (Å²) in [4.78, 5) is 33.3. The number of hydrogen-bond donors (Lipinski definition) is 2. The molecule has 2 aromatic carbocycles. The molecule has 0 spiro atoms. The van der Waals surface area contributed by atoms with Gasteiger partial charge in [-0.05, 0) is 47.6 Å². The minimum absolute atomic E-state index is 0.150. The SMILES string of the molecule is C#Cc1nc(NC(=O)NN(C(=O)OCC)c2ccc(-c3cccc4ccncc34)cc2)cs1. The first-order valence-corrected chi connectivity index (χ1v) is 10.9. The first-order chi connectivity index (χ1) is 16.1. The average Bonchev–Trinajstić information content (AvgIpc) is 3.30. The zero-order valence-corrected chi connectivity index (χ0v) is 18.4. The molecule has 2 N–H and O–H groups in total. The summed E-state index contributed by atoms with van der Waals surface area (Å²) in [5.74, 6) is 2.69. The molecular weight excluding hydrogens is 438 g/mol. The molecule has 33 heavy (non-hydrogen) atoms. The number of thiazole rings is 1. The van der Waals surface area contributed by atoms with E-state index < -0.39 is 12.1 Å². The van der Waals surface area contributed by atoms with Crippen molar-refractivity contribution < 1.29 is 14.3 Å². The monoisotopic (exact) mass is 457 g/mol. The van der Waals surface area contributed by atoms with Gasteiger partial charge in [-0.1, -0.05) is 30.3 Å². The Morgan fingerprint density at radius 2 is 2.00 bits per heavy atom. The van der Waals surface area contributed by atoms with Crippen LogP contribution in [0.5, 0.6) is 0 Å². The van der Waals surface area contributed by atoms with Gasteiger partial charge in [0.05, 0.1) is 12.3 Å². The number of carbonyl (C=O) groups is 2. The molecule has 4 rings (SSSR count). The highest BCUT2D eigenvalue weighted by atomic mass is 32.1. The van der Waals surface area contributed by atoms with Gasteiger partial charge in [-0.25, -0.2) is 20.0 Å². The maximum absolute atomic E-state index is 12.5. The van der Waals surface area contributed by atoms with Crippen molar-refractivity contribution in [3.05, 3.63) is 71.3 Å². The second kappa shape index (κ2) is 9.80. The first-order valence-electron chi connectivity index (χ1n) is 9.99. The molecule has 0 bridgehead atoms. The Balaban J connectivity index is 1.57. The molecule has 0 aliphatic heterocycles. The van der Waals surface area contributed by atoms with E-state index in [9.17, 15) is 9.59 Å². The fourth-order valence-corrected chi connectivity index (χ4v) is 3.76. The molecule has 8 nitrogen and oxygen atoms in total. The minimum Gasteiger partial charge on any atom is -0.448 e. The van der Waals surface area contributed by atoms with Crippen LogP contribution in [-0.4, -0.2) is 28.7 Å². The van der Waals surface area contributed by atoms with Crippen LogP contribution in [0, 0.1) is 12.3 Å². The molecule has 2 heterocycles. The van der Waals surface area contributed by atoms with E-state index in [4.69, 9.17) is 11.2 Å². The summed E-state index contributed by atoms with van der Waals surface area (Å²) in [5, 5.41) is 7.72. The van der Waals surface area contributed by atoms with Gasteiger partial charge < -0.3 is 4.74 Å². The number of pyridine rings is 1. The molecule has 0 saturated heterocycles. The molecule has 0 saturated carbocycles. The Morgan fingerprint density at radius 3 is 2.73 bits per heavy atom. The summed E-state index contributed by atoms with van der Waals surface area (Å²) >= 11 is 1.22. The second-order valence-corrected chi connectivity index (χ2v) is 7.59. The number of rotatable bonds is 4. The smallest absolute Gasteiger partial charge is 0.433 e. The van der Waals surface area contributed by atoms with Gasteiger partial charge in [0, 0.05) is 23.2 Å². The van der Waals surface area contributed by atoms with Gasteiger partial charge in [-0.3, -0.25) is 10.3 Å². The summed E-state index contributed by atoms with van der Waals surface area (Å²) in [5.41, 5.74) is 4.87. The van der Waals surface area contributed by atoms with E-state index >= 15 is 0 Å². The number of fused-ring (bicyclic) bond motifs is 1. The zero-order valence-electron chi connectivity index (χ0n) is 17.6. The fourth-order valence-electron chi connectivity index (χ4n) is 3.20. The molecule has 164 valence electrons. The highest BCUT2D eigenvalue weighted by Gasteiger charge is 2.20. The van der Waals surface area contributed by atoms with Crippen molar-refractivity contribution in [2.45, 2.75) is 6.92 Å². The van der Waals surface area contributed by atoms with Gasteiger partial charge in [0.2, 0.25) is 0 Å². The predicted molar refractivity (Wildman–Crippen MR) is 129 cm³/mol. The van der Waals surface area contributed by atoms with E-state index in [-0.39, 0.29) is 12.4 Å². The third-order valence-corrected chi connectivity index (χ3v) is 5.43. The van der Waals surface area contributed by atoms with Crippen molar-refractivity contribution in [3.63, 3.8) is 0 Å². The van der Waals surface area contributed by atoms with Crippen molar-refractivity contribution in [2.75, 3.05) is 16.9 Å². The largest absolute Gasteiger partial charge is 0.448 e. The molecule has 2 aromatic heterocycles. The van der Waals surface area contributed by atoms with Crippen molar-refractivity contribution in [3.8, 4) is 23.5 Å². The third kappa shape index (κ3) is 4.92. The van der Waals surface area contributed by atoms with Crippen LogP contribution >= 0.6 is 11.3 Å². The molecule has 9 heteroatoms. The number of hydrazine groups is 1. The van der Waals surface area contributed by atoms with Crippen LogP contribution in [0.25, 0.3) is 21.9 Å². The van der Waals surface area contributed by atoms with Crippen LogP contribution < -0.4 is 15.8 Å². The Bertz CT molecular complexity index is 1340. The lowest BCUT2D eigenvalue weighted by Crippen LogP contribution is -2.48. The van der Waals surface area contributed by atoms with Crippen LogP contribution in [0.3, 0.4) is 0 Å². The number of urea groups is 1. The van der Waals surface area contributed by atoms with Crippen LogP contribution in [0.15, 0.2) is 66.3 Å². The number of ether oxygens (including phenoxy) is 1. The molecule has 0 radical (unpaired) electrons. The van der Waals surface area contributed by atoms with E-state index in [1.165, 1.54) is 11.3 Å². The lowest BCUT2D eigenvalue weighted by atomic mass is 9.99. The standard InChI is InChI=1S/C24H19N5O3S/c1-3-22-26-21(15-33-22)27-23(30)28-29(24(31)32-4-2)18-10-8-17(9-11-18)19-7-5-6-16-12-13-25-14-20(16)19/h1,5-15H,4H2,2H3,(H2,27,28,30). The van der Waals surface area contributed by atoms with Gasteiger partial charge >= 0.3 is 12.1 Å². The predicted octanol–water partition coefficient (Wildman–Crippen LogP) is 5.04. The Kier molecular flexibility index (Phi) is 6.48. The Labute approximate surface area is 194 Å². The van der Waals surface area contributed by atoms with Gasteiger partial charge in [0.15, 0.2) is 5.01 Å². The molecule has 0 unspecified atom stereocenters. The zero-order chi connectivity index (χ0) is 23.2. The molecule has 0 aliphatic carbocycles. The minimum atomic E-state index is -0.725. The molecule has 0 atom stereocenters. The summed E-state index contributed by atoms with van der Waals surface area (Å²) < 4.78 is 5.10. The quantitative estimate of drug-likeness (QED) is 0.331. The van der Waals surface area contributed by atoms with E-state index in [0.29, 0.717) is 10.7 Å². The molecule has 0 aliphatic rings. The Hall–Kier alpha value is -4.42. The molecular formula is C24H19N5O3S. The fraction of sp³-hybridized carbons (Fsp3) is 0.0833. The number of carbonyl (C=O) groups excluding carboxylic acids is 2. The normalized spacial score (nSPS) is 10.3. The summed E-state index contributed by atoms with van der Waals surface area (Å²) in [6.45, 7) is 1.84. The van der Waals surface area contributed by atoms with Gasteiger partial charge in [0.25, 0.3) is 0 Å². The van der Waals surface area contributed by atoms with Crippen LogP contribution in [0.2, 0.25) is 0 Å². The summed E-state index contributed by atoms with van der Waals surface area (Å²) in [6.07, 6.45) is 8.15. The number of aromatic nitrogens is 2. The van der Waals surface area contributed by atoms with Crippen LogP contribution in [-0.2, 0) is 4.74 Å². The average molecular weight is 458 g/mol. The van der Waals surface area contributed by atoms with Crippen molar-refractivity contribution in [1.82, 2.24) is 15.4 Å².